The number of carbonyl (C=O) groups is 1. The van der Waals surface area contributed by atoms with E-state index in [1.165, 1.54) is 6.92 Å². The molecule has 0 radical (unpaired) electrons. The van der Waals surface area contributed by atoms with Crippen LogP contribution in [0.25, 0.3) is 0 Å². The third kappa shape index (κ3) is 3.25. The monoisotopic (exact) mass is 258 g/mol. The van der Waals surface area contributed by atoms with E-state index in [0.717, 1.165) is 5.56 Å². The molecule has 17 heavy (non-hydrogen) atoms. The largest absolute Gasteiger partial charge is 1.00 e. The number of epoxide rings is 1. The number of rotatable bonds is 1. The van der Waals surface area contributed by atoms with Crippen molar-refractivity contribution in [2.24, 2.45) is 0 Å². The molecule has 0 bridgehead atoms. The predicted octanol–water partition coefficient (Wildman–Crippen LogP) is -2.40. The third-order valence-electron chi connectivity index (χ3n) is 2.40. The molecule has 5 heteroatoms. The maximum Gasteiger partial charge on any atom is 1.00 e. The molecule has 0 aliphatic carbocycles. The molecule has 1 aliphatic rings. The van der Waals surface area contributed by atoms with Crippen molar-refractivity contribution in [3.8, 4) is 11.8 Å². The molecule has 1 aromatic carbocycles. The van der Waals surface area contributed by atoms with Gasteiger partial charge in [-0.1, -0.05) is 23.4 Å². The second-order valence-corrected chi connectivity index (χ2v) is 4.11. The molecule has 0 spiro atoms. The van der Waals surface area contributed by atoms with E-state index < -0.39 is 17.7 Å². The zero-order valence-electron chi connectivity index (χ0n) is 9.49. The van der Waals surface area contributed by atoms with Crippen LogP contribution in [0.15, 0.2) is 24.3 Å². The molecule has 0 N–H and O–H groups in total. The van der Waals surface area contributed by atoms with Gasteiger partial charge in [0.1, 0.15) is 5.60 Å². The fraction of sp³-hybridized carbons (Fsp3) is 0.250. The summed E-state index contributed by atoms with van der Waals surface area (Å²) in [5.41, 5.74) is -0.486. The van der Waals surface area contributed by atoms with Crippen LogP contribution in [0.3, 0.4) is 0 Å². The van der Waals surface area contributed by atoms with Gasteiger partial charge in [0, 0.05) is 10.6 Å². The molecule has 0 saturated carbocycles. The Bertz CT molecular complexity index is 489. The van der Waals surface area contributed by atoms with Gasteiger partial charge in [-0.25, -0.2) is 0 Å². The van der Waals surface area contributed by atoms with Crippen molar-refractivity contribution in [1.82, 2.24) is 0 Å². The van der Waals surface area contributed by atoms with Gasteiger partial charge in [0.25, 0.3) is 0 Å². The number of halogens is 1. The Morgan fingerprint density at radius 3 is 2.53 bits per heavy atom. The summed E-state index contributed by atoms with van der Waals surface area (Å²) >= 11 is 5.71. The first kappa shape index (κ1) is 14.6. The van der Waals surface area contributed by atoms with Crippen LogP contribution in [-0.4, -0.2) is 17.7 Å². The van der Waals surface area contributed by atoms with Gasteiger partial charge in [0.15, 0.2) is 6.10 Å². The maximum absolute atomic E-state index is 10.6. The van der Waals surface area contributed by atoms with Crippen LogP contribution in [0.1, 0.15) is 12.5 Å². The Labute approximate surface area is 126 Å². The van der Waals surface area contributed by atoms with Crippen LogP contribution >= 0.6 is 11.6 Å². The third-order valence-corrected chi connectivity index (χ3v) is 2.65. The molecule has 2 atom stereocenters. The van der Waals surface area contributed by atoms with Crippen molar-refractivity contribution < 1.29 is 44.2 Å². The average Bonchev–Trinajstić information content (AvgIpc) is 2.91. The zero-order chi connectivity index (χ0) is 11.8. The number of hydrogen-bond donors (Lipinski definition) is 0. The molecule has 0 aromatic heterocycles. The van der Waals surface area contributed by atoms with Gasteiger partial charge in [-0.05, 0) is 31.2 Å². The minimum Gasteiger partial charge on any atom is -0.547 e. The Balaban J connectivity index is 0.00000144. The molecule has 1 fully saturated rings. The van der Waals surface area contributed by atoms with E-state index in [2.05, 4.69) is 11.8 Å². The van der Waals surface area contributed by atoms with Gasteiger partial charge < -0.3 is 14.6 Å². The van der Waals surface area contributed by atoms with Gasteiger partial charge in [-0.3, -0.25) is 0 Å². The first-order chi connectivity index (χ1) is 7.52. The standard InChI is InChI=1S/C12H9ClO3.Na/c1-12(11(14)15)10(16-12)7-4-8-2-5-9(13)6-3-8;/h2-3,5-6,10H,1H3,(H,14,15);/q;+1/p-1. The number of hydrogen-bond acceptors (Lipinski definition) is 3. The topological polar surface area (TPSA) is 52.7 Å². The molecule has 1 heterocycles. The van der Waals surface area contributed by atoms with Gasteiger partial charge in [0.05, 0.1) is 5.97 Å². The van der Waals surface area contributed by atoms with Crippen molar-refractivity contribution >= 4 is 17.6 Å². The first-order valence-corrected chi connectivity index (χ1v) is 5.06. The Hall–Kier alpha value is -0.500. The molecular weight excluding hydrogens is 251 g/mol. The van der Waals surface area contributed by atoms with Crippen LogP contribution in [0.5, 0.6) is 0 Å². The van der Waals surface area contributed by atoms with Crippen LogP contribution < -0.4 is 34.7 Å². The zero-order valence-corrected chi connectivity index (χ0v) is 12.2. The summed E-state index contributed by atoms with van der Waals surface area (Å²) in [6, 6.07) is 6.96. The van der Waals surface area contributed by atoms with E-state index in [1.807, 2.05) is 0 Å². The summed E-state index contributed by atoms with van der Waals surface area (Å²) in [4.78, 5) is 10.6. The summed E-state index contributed by atoms with van der Waals surface area (Å²) < 4.78 is 4.95. The molecule has 2 rings (SSSR count). The van der Waals surface area contributed by atoms with Crippen LogP contribution in [-0.2, 0) is 9.53 Å². The quantitative estimate of drug-likeness (QED) is 0.321. The van der Waals surface area contributed by atoms with E-state index >= 15 is 0 Å². The summed E-state index contributed by atoms with van der Waals surface area (Å²) in [6.07, 6.45) is -0.590. The summed E-state index contributed by atoms with van der Waals surface area (Å²) in [5, 5.41) is 11.3. The summed E-state index contributed by atoms with van der Waals surface area (Å²) in [6.45, 7) is 1.45. The van der Waals surface area contributed by atoms with Crippen molar-refractivity contribution in [2.75, 3.05) is 0 Å². The second kappa shape index (κ2) is 5.43. The molecule has 2 unspecified atom stereocenters. The maximum atomic E-state index is 10.6. The number of carbonyl (C=O) groups excluding carboxylic acids is 1. The number of ether oxygens (including phenoxy) is 1. The Morgan fingerprint density at radius 1 is 1.47 bits per heavy atom. The molecule has 82 valence electrons. The molecule has 1 saturated heterocycles. The Morgan fingerprint density at radius 2 is 2.06 bits per heavy atom. The summed E-state index contributed by atoms with van der Waals surface area (Å²) in [5.74, 6) is 4.31. The van der Waals surface area contributed by atoms with Crippen molar-refractivity contribution in [2.45, 2.75) is 18.6 Å². The van der Waals surface area contributed by atoms with Gasteiger partial charge >= 0.3 is 29.6 Å². The fourth-order valence-corrected chi connectivity index (χ4v) is 1.34. The first-order valence-electron chi connectivity index (χ1n) is 4.69. The van der Waals surface area contributed by atoms with Crippen molar-refractivity contribution in [3.63, 3.8) is 0 Å². The fourth-order valence-electron chi connectivity index (χ4n) is 1.22. The number of carboxylic acid groups (broad SMARTS) is 1. The normalized spacial score (nSPS) is 25.2. The number of benzene rings is 1. The average molecular weight is 259 g/mol. The SMILES string of the molecule is CC1(C(=O)[O-])OC1C#Cc1ccc(Cl)cc1.[Na+]. The molecule has 1 aromatic rings. The van der Waals surface area contributed by atoms with Crippen LogP contribution in [0.4, 0.5) is 0 Å². The molecule has 3 nitrogen and oxygen atoms in total. The van der Waals surface area contributed by atoms with Crippen LogP contribution in [0, 0.1) is 11.8 Å². The minimum atomic E-state index is -1.25. The van der Waals surface area contributed by atoms with E-state index in [-0.39, 0.29) is 29.6 Å². The van der Waals surface area contributed by atoms with Crippen molar-refractivity contribution in [3.05, 3.63) is 34.9 Å². The summed E-state index contributed by atoms with van der Waals surface area (Å²) in [7, 11) is 0. The van der Waals surface area contributed by atoms with E-state index in [9.17, 15) is 9.90 Å². The van der Waals surface area contributed by atoms with Gasteiger partial charge in [-0.2, -0.15) is 0 Å². The Kier molecular flexibility index (Phi) is 4.65. The predicted molar refractivity (Wildman–Crippen MR) is 56.6 cm³/mol. The van der Waals surface area contributed by atoms with E-state index in [4.69, 9.17) is 16.3 Å². The number of aliphatic carboxylic acids is 1. The van der Waals surface area contributed by atoms with E-state index in [1.54, 1.807) is 24.3 Å². The van der Waals surface area contributed by atoms with E-state index in [0.29, 0.717) is 5.02 Å². The van der Waals surface area contributed by atoms with Crippen molar-refractivity contribution in [1.29, 1.82) is 0 Å². The van der Waals surface area contributed by atoms with Gasteiger partial charge in [-0.15, -0.1) is 0 Å². The van der Waals surface area contributed by atoms with Crippen LogP contribution in [0.2, 0.25) is 5.02 Å². The molecular formula is C12H8ClNaO3. The van der Waals surface area contributed by atoms with Gasteiger partial charge in [0.2, 0.25) is 0 Å². The second-order valence-electron chi connectivity index (χ2n) is 3.67. The molecule has 0 amide bonds. The smallest absolute Gasteiger partial charge is 0.547 e. The minimum absolute atomic E-state index is 0. The number of carboxylic acids is 1. The molecule has 1 aliphatic heterocycles.